The van der Waals surface area contributed by atoms with Crippen molar-refractivity contribution >= 4 is 11.6 Å². The van der Waals surface area contributed by atoms with Crippen LogP contribution in [0.4, 0.5) is 5.69 Å². The summed E-state index contributed by atoms with van der Waals surface area (Å²) in [7, 11) is 0. The van der Waals surface area contributed by atoms with Gasteiger partial charge in [-0.25, -0.2) is 0 Å². The SMILES string of the molecule is CC(C)Oc1ccc(NC(=O)CC2CNC2)cc1. The highest BCUT2D eigenvalue weighted by Gasteiger charge is 2.19. The van der Waals surface area contributed by atoms with Crippen LogP contribution in [-0.2, 0) is 4.79 Å². The molecule has 2 rings (SSSR count). The number of hydrogen-bond donors (Lipinski definition) is 2. The first-order valence-electron chi connectivity index (χ1n) is 6.41. The van der Waals surface area contributed by atoms with Crippen LogP contribution in [0.3, 0.4) is 0 Å². The van der Waals surface area contributed by atoms with Crippen molar-refractivity contribution in [3.63, 3.8) is 0 Å². The second kappa shape index (κ2) is 5.87. The van der Waals surface area contributed by atoms with Gasteiger partial charge in [0.15, 0.2) is 0 Å². The Balaban J connectivity index is 1.83. The lowest BCUT2D eigenvalue weighted by atomic mass is 9.99. The van der Waals surface area contributed by atoms with E-state index in [0.717, 1.165) is 24.5 Å². The first-order valence-corrected chi connectivity index (χ1v) is 6.41. The van der Waals surface area contributed by atoms with E-state index in [4.69, 9.17) is 4.74 Å². The van der Waals surface area contributed by atoms with Crippen LogP contribution in [0, 0.1) is 5.92 Å². The molecular formula is C14H20N2O2. The minimum Gasteiger partial charge on any atom is -0.491 e. The zero-order valence-electron chi connectivity index (χ0n) is 10.9. The molecule has 0 unspecified atom stereocenters. The maximum absolute atomic E-state index is 11.7. The average Bonchev–Trinajstić information content (AvgIpc) is 2.26. The van der Waals surface area contributed by atoms with Gasteiger partial charge < -0.3 is 15.4 Å². The molecule has 1 saturated heterocycles. The molecule has 1 aromatic rings. The number of nitrogens with one attached hydrogen (secondary N) is 2. The fourth-order valence-corrected chi connectivity index (χ4v) is 1.86. The van der Waals surface area contributed by atoms with Gasteiger partial charge in [0.05, 0.1) is 6.10 Å². The minimum atomic E-state index is 0.0824. The van der Waals surface area contributed by atoms with Gasteiger partial charge >= 0.3 is 0 Å². The number of amides is 1. The van der Waals surface area contributed by atoms with Crippen molar-refractivity contribution in [1.82, 2.24) is 5.32 Å². The van der Waals surface area contributed by atoms with E-state index in [-0.39, 0.29) is 12.0 Å². The third-order valence-electron chi connectivity index (χ3n) is 2.85. The first kappa shape index (κ1) is 12.9. The fourth-order valence-electron chi connectivity index (χ4n) is 1.86. The van der Waals surface area contributed by atoms with Crippen molar-refractivity contribution in [2.45, 2.75) is 26.4 Å². The lowest BCUT2D eigenvalue weighted by molar-refractivity contribution is -0.117. The Bertz CT molecular complexity index is 397. The molecule has 0 aromatic heterocycles. The van der Waals surface area contributed by atoms with Gasteiger partial charge in [-0.15, -0.1) is 0 Å². The molecule has 0 bridgehead atoms. The van der Waals surface area contributed by atoms with Gasteiger partial charge in [-0.1, -0.05) is 0 Å². The Kier molecular flexibility index (Phi) is 4.20. The summed E-state index contributed by atoms with van der Waals surface area (Å²) in [6.07, 6.45) is 0.758. The molecule has 0 radical (unpaired) electrons. The summed E-state index contributed by atoms with van der Waals surface area (Å²) in [6.45, 7) is 5.88. The van der Waals surface area contributed by atoms with Gasteiger partial charge in [-0.05, 0) is 57.1 Å². The molecule has 4 nitrogen and oxygen atoms in total. The summed E-state index contributed by atoms with van der Waals surface area (Å²) in [5.74, 6) is 1.40. The molecule has 0 saturated carbocycles. The number of carbonyl (C=O) groups excluding carboxylic acids is 1. The molecule has 98 valence electrons. The van der Waals surface area contributed by atoms with Gasteiger partial charge in [-0.3, -0.25) is 4.79 Å². The summed E-state index contributed by atoms with van der Waals surface area (Å²) < 4.78 is 5.54. The smallest absolute Gasteiger partial charge is 0.224 e. The predicted octanol–water partition coefficient (Wildman–Crippen LogP) is 2.02. The maximum Gasteiger partial charge on any atom is 0.224 e. The molecule has 0 aliphatic carbocycles. The molecule has 1 amide bonds. The summed E-state index contributed by atoms with van der Waals surface area (Å²) in [4.78, 5) is 11.7. The Labute approximate surface area is 108 Å². The van der Waals surface area contributed by atoms with Gasteiger partial charge in [0.25, 0.3) is 0 Å². The van der Waals surface area contributed by atoms with Crippen molar-refractivity contribution < 1.29 is 9.53 Å². The van der Waals surface area contributed by atoms with Crippen molar-refractivity contribution in [2.75, 3.05) is 18.4 Å². The molecule has 0 spiro atoms. The van der Waals surface area contributed by atoms with Crippen molar-refractivity contribution in [3.05, 3.63) is 24.3 Å². The Hall–Kier alpha value is -1.55. The zero-order chi connectivity index (χ0) is 13.0. The minimum absolute atomic E-state index is 0.0824. The number of ether oxygens (including phenoxy) is 1. The van der Waals surface area contributed by atoms with E-state index >= 15 is 0 Å². The molecule has 1 heterocycles. The van der Waals surface area contributed by atoms with Crippen LogP contribution in [0.15, 0.2) is 24.3 Å². The maximum atomic E-state index is 11.7. The van der Waals surface area contributed by atoms with Crippen LogP contribution >= 0.6 is 0 Å². The van der Waals surface area contributed by atoms with Crippen LogP contribution in [-0.4, -0.2) is 25.1 Å². The largest absolute Gasteiger partial charge is 0.491 e. The molecule has 1 fully saturated rings. The Morgan fingerprint density at radius 3 is 2.56 bits per heavy atom. The van der Waals surface area contributed by atoms with Crippen molar-refractivity contribution in [1.29, 1.82) is 0 Å². The molecule has 4 heteroatoms. The lowest BCUT2D eigenvalue weighted by Gasteiger charge is -2.26. The molecule has 1 aromatic carbocycles. The fraction of sp³-hybridized carbons (Fsp3) is 0.500. The molecule has 1 aliphatic heterocycles. The predicted molar refractivity (Wildman–Crippen MR) is 71.8 cm³/mol. The second-order valence-corrected chi connectivity index (χ2v) is 4.97. The van der Waals surface area contributed by atoms with Gasteiger partial charge in [0.2, 0.25) is 5.91 Å². The number of carbonyl (C=O) groups is 1. The summed E-state index contributed by atoms with van der Waals surface area (Å²) in [6, 6.07) is 7.49. The van der Waals surface area contributed by atoms with Crippen molar-refractivity contribution in [3.8, 4) is 5.75 Å². The van der Waals surface area contributed by atoms with E-state index in [1.807, 2.05) is 38.1 Å². The first-order chi connectivity index (χ1) is 8.63. The Morgan fingerprint density at radius 2 is 2.06 bits per heavy atom. The summed E-state index contributed by atoms with van der Waals surface area (Å²) in [5, 5.41) is 6.06. The van der Waals surface area contributed by atoms with Crippen LogP contribution in [0.1, 0.15) is 20.3 Å². The zero-order valence-corrected chi connectivity index (χ0v) is 10.9. The number of anilines is 1. The quantitative estimate of drug-likeness (QED) is 0.838. The molecule has 2 N–H and O–H groups in total. The molecule has 1 aliphatic rings. The molecule has 18 heavy (non-hydrogen) atoms. The summed E-state index contributed by atoms with van der Waals surface area (Å²) in [5.41, 5.74) is 0.823. The van der Waals surface area contributed by atoms with Crippen LogP contribution < -0.4 is 15.4 Å². The number of benzene rings is 1. The normalized spacial score (nSPS) is 15.3. The van der Waals surface area contributed by atoms with E-state index in [9.17, 15) is 4.79 Å². The van der Waals surface area contributed by atoms with E-state index in [0.29, 0.717) is 12.3 Å². The number of rotatable bonds is 5. The van der Waals surface area contributed by atoms with Crippen LogP contribution in [0.5, 0.6) is 5.75 Å². The molecular weight excluding hydrogens is 228 g/mol. The van der Waals surface area contributed by atoms with E-state index in [1.165, 1.54) is 0 Å². The second-order valence-electron chi connectivity index (χ2n) is 4.97. The highest BCUT2D eigenvalue weighted by molar-refractivity contribution is 5.90. The average molecular weight is 248 g/mol. The van der Waals surface area contributed by atoms with Crippen LogP contribution in [0.25, 0.3) is 0 Å². The van der Waals surface area contributed by atoms with E-state index in [1.54, 1.807) is 0 Å². The van der Waals surface area contributed by atoms with Crippen molar-refractivity contribution in [2.24, 2.45) is 5.92 Å². The topological polar surface area (TPSA) is 50.4 Å². The van der Waals surface area contributed by atoms with E-state index in [2.05, 4.69) is 10.6 Å². The monoisotopic (exact) mass is 248 g/mol. The highest BCUT2D eigenvalue weighted by atomic mass is 16.5. The summed E-state index contributed by atoms with van der Waals surface area (Å²) >= 11 is 0. The van der Waals surface area contributed by atoms with Gasteiger partial charge in [-0.2, -0.15) is 0 Å². The van der Waals surface area contributed by atoms with Gasteiger partial charge in [0.1, 0.15) is 5.75 Å². The standard InChI is InChI=1S/C14H20N2O2/c1-10(2)18-13-5-3-12(4-6-13)16-14(17)7-11-8-15-9-11/h3-6,10-11,15H,7-9H2,1-2H3,(H,16,17). The highest BCUT2D eigenvalue weighted by Crippen LogP contribution is 2.18. The third kappa shape index (κ3) is 3.74. The van der Waals surface area contributed by atoms with E-state index < -0.39 is 0 Å². The Morgan fingerprint density at radius 1 is 1.39 bits per heavy atom. The third-order valence-corrected chi connectivity index (χ3v) is 2.85. The lowest BCUT2D eigenvalue weighted by Crippen LogP contribution is -2.43. The van der Waals surface area contributed by atoms with Crippen LogP contribution in [0.2, 0.25) is 0 Å². The molecule has 0 atom stereocenters. The van der Waals surface area contributed by atoms with Gasteiger partial charge in [0, 0.05) is 12.1 Å². The number of hydrogen-bond acceptors (Lipinski definition) is 3.